The van der Waals surface area contributed by atoms with Gasteiger partial charge < -0.3 is 4.90 Å². The molecule has 0 saturated carbocycles. The summed E-state index contributed by atoms with van der Waals surface area (Å²) >= 11 is 7.27. The molecule has 1 aliphatic rings. The van der Waals surface area contributed by atoms with Crippen molar-refractivity contribution in [2.24, 2.45) is 0 Å². The van der Waals surface area contributed by atoms with Crippen LogP contribution in [0.3, 0.4) is 0 Å². The van der Waals surface area contributed by atoms with Gasteiger partial charge in [-0.2, -0.15) is 0 Å². The van der Waals surface area contributed by atoms with Crippen LogP contribution in [-0.2, 0) is 0 Å². The van der Waals surface area contributed by atoms with Gasteiger partial charge in [0.2, 0.25) is 0 Å². The first-order valence-corrected chi connectivity index (χ1v) is 8.00. The fourth-order valence-corrected chi connectivity index (χ4v) is 3.59. The summed E-state index contributed by atoms with van der Waals surface area (Å²) in [6.45, 7) is 5.89. The maximum Gasteiger partial charge on any atom is 0.186 e. The summed E-state index contributed by atoms with van der Waals surface area (Å²) < 4.78 is 0.686. The number of hydrogen-bond acceptors (Lipinski definition) is 4. The molecule has 0 amide bonds. The minimum Gasteiger partial charge on any atom is -0.305 e. The molecule has 1 aliphatic heterocycles. The highest BCUT2D eigenvalue weighted by atomic mass is 35.5. The van der Waals surface area contributed by atoms with Gasteiger partial charge in [-0.25, -0.2) is 0 Å². The molecule has 1 aromatic rings. The highest BCUT2D eigenvalue weighted by Gasteiger charge is 2.24. The molecular weight excluding hydrogens is 280 g/mol. The lowest BCUT2D eigenvalue weighted by atomic mass is 10.1. The summed E-state index contributed by atoms with van der Waals surface area (Å²) in [7, 11) is 2.16. The number of carbonyl (C=O) groups excluding carboxylic acids is 1. The number of ketones is 1. The van der Waals surface area contributed by atoms with E-state index in [4.69, 9.17) is 11.6 Å². The average molecular weight is 301 g/mol. The highest BCUT2D eigenvalue weighted by Crippen LogP contribution is 2.22. The van der Waals surface area contributed by atoms with Gasteiger partial charge in [0.1, 0.15) is 0 Å². The molecule has 1 aromatic heterocycles. The van der Waals surface area contributed by atoms with E-state index >= 15 is 0 Å². The molecule has 19 heavy (non-hydrogen) atoms. The third-order valence-electron chi connectivity index (χ3n) is 3.69. The number of Topliss-reactive ketones (excluding diaryl/α,β-unsaturated/α-hetero) is 1. The Balaban J connectivity index is 2.01. The smallest absolute Gasteiger partial charge is 0.186 e. The molecule has 0 aliphatic carbocycles. The molecule has 3 nitrogen and oxygen atoms in total. The largest absolute Gasteiger partial charge is 0.305 e. The molecule has 2 rings (SSSR count). The summed E-state index contributed by atoms with van der Waals surface area (Å²) in [5, 5.41) is 0. The lowest BCUT2D eigenvalue weighted by Crippen LogP contribution is -2.42. The number of carbonyl (C=O) groups is 1. The summed E-state index contributed by atoms with van der Waals surface area (Å²) in [6.07, 6.45) is 2.22. The molecule has 0 bridgehead atoms. The first-order valence-electron chi connectivity index (χ1n) is 6.81. The van der Waals surface area contributed by atoms with Crippen LogP contribution in [0.2, 0.25) is 4.34 Å². The van der Waals surface area contributed by atoms with E-state index in [0.29, 0.717) is 16.9 Å². The fraction of sp³-hybridized carbons (Fsp3) is 0.643. The van der Waals surface area contributed by atoms with E-state index in [1.807, 2.05) is 6.07 Å². The number of halogens is 1. The van der Waals surface area contributed by atoms with Gasteiger partial charge in [0.05, 0.1) is 15.8 Å². The molecule has 106 valence electrons. The minimum atomic E-state index is 0.194. The quantitative estimate of drug-likeness (QED) is 0.799. The Morgan fingerprint density at radius 2 is 2.26 bits per heavy atom. The maximum atomic E-state index is 12.3. The predicted molar refractivity (Wildman–Crippen MR) is 81.4 cm³/mol. The van der Waals surface area contributed by atoms with Gasteiger partial charge in [-0.15, -0.1) is 11.3 Å². The van der Waals surface area contributed by atoms with Gasteiger partial charge in [0.15, 0.2) is 5.78 Å². The van der Waals surface area contributed by atoms with E-state index in [-0.39, 0.29) is 5.78 Å². The number of rotatable bonds is 4. The SMILES string of the molecule is CCC1CN(C)CCCN1CC(=O)c1ccc(Cl)s1. The normalized spacial score (nSPS) is 22.4. The van der Waals surface area contributed by atoms with Crippen molar-refractivity contribution in [2.45, 2.75) is 25.8 Å². The van der Waals surface area contributed by atoms with Crippen LogP contribution in [-0.4, -0.2) is 54.9 Å². The van der Waals surface area contributed by atoms with E-state index < -0.39 is 0 Å². The Labute approximate surface area is 124 Å². The van der Waals surface area contributed by atoms with Crippen molar-refractivity contribution >= 4 is 28.7 Å². The monoisotopic (exact) mass is 300 g/mol. The average Bonchev–Trinajstić information content (AvgIpc) is 2.73. The maximum absolute atomic E-state index is 12.3. The van der Waals surface area contributed by atoms with Crippen molar-refractivity contribution in [3.05, 3.63) is 21.3 Å². The zero-order chi connectivity index (χ0) is 13.8. The van der Waals surface area contributed by atoms with E-state index in [1.54, 1.807) is 6.07 Å². The third kappa shape index (κ3) is 4.02. The second-order valence-electron chi connectivity index (χ2n) is 5.18. The standard InChI is InChI=1S/C14H21ClN2OS/c1-3-11-9-16(2)7-4-8-17(11)10-12(18)13-5-6-14(15)19-13/h5-6,11H,3-4,7-10H2,1-2H3. The molecule has 1 fully saturated rings. The topological polar surface area (TPSA) is 23.6 Å². The second kappa shape index (κ2) is 6.84. The Bertz CT molecular complexity index is 435. The second-order valence-corrected chi connectivity index (χ2v) is 6.89. The first-order chi connectivity index (χ1) is 9.10. The molecule has 0 radical (unpaired) electrons. The van der Waals surface area contributed by atoms with Crippen LogP contribution >= 0.6 is 22.9 Å². The van der Waals surface area contributed by atoms with Gasteiger partial charge in [0, 0.05) is 19.1 Å². The van der Waals surface area contributed by atoms with Crippen molar-refractivity contribution < 1.29 is 4.79 Å². The van der Waals surface area contributed by atoms with Crippen LogP contribution in [0.25, 0.3) is 0 Å². The van der Waals surface area contributed by atoms with E-state index in [1.165, 1.54) is 11.3 Å². The van der Waals surface area contributed by atoms with Crippen LogP contribution in [0, 0.1) is 0 Å². The molecular formula is C14H21ClN2OS. The highest BCUT2D eigenvalue weighted by molar-refractivity contribution is 7.18. The number of hydrogen-bond donors (Lipinski definition) is 0. The summed E-state index contributed by atoms with van der Waals surface area (Å²) in [6, 6.07) is 4.11. The van der Waals surface area contributed by atoms with E-state index in [9.17, 15) is 4.79 Å². The molecule has 0 N–H and O–H groups in total. The molecule has 0 spiro atoms. The van der Waals surface area contributed by atoms with Crippen LogP contribution < -0.4 is 0 Å². The molecule has 2 heterocycles. The van der Waals surface area contributed by atoms with Crippen LogP contribution in [0.4, 0.5) is 0 Å². The van der Waals surface area contributed by atoms with Gasteiger partial charge in [-0.1, -0.05) is 18.5 Å². The van der Waals surface area contributed by atoms with Gasteiger partial charge >= 0.3 is 0 Å². The summed E-state index contributed by atoms with van der Waals surface area (Å²) in [4.78, 5) is 17.7. The number of likely N-dealkylation sites (N-methyl/N-ethyl adjacent to an activating group) is 1. The minimum absolute atomic E-state index is 0.194. The van der Waals surface area contributed by atoms with Crippen molar-refractivity contribution in [1.82, 2.24) is 9.80 Å². The van der Waals surface area contributed by atoms with Crippen molar-refractivity contribution in [1.29, 1.82) is 0 Å². The van der Waals surface area contributed by atoms with Crippen LogP contribution in [0.1, 0.15) is 29.4 Å². The molecule has 5 heteroatoms. The number of nitrogens with zero attached hydrogens (tertiary/aromatic N) is 2. The lowest BCUT2D eigenvalue weighted by molar-refractivity contribution is 0.0892. The Hall–Kier alpha value is -0.420. The van der Waals surface area contributed by atoms with Gasteiger partial charge in [-0.05, 0) is 38.6 Å². The Kier molecular flexibility index (Phi) is 5.39. The Morgan fingerprint density at radius 3 is 2.89 bits per heavy atom. The summed E-state index contributed by atoms with van der Waals surface area (Å²) in [5.41, 5.74) is 0. The summed E-state index contributed by atoms with van der Waals surface area (Å²) in [5.74, 6) is 0.194. The van der Waals surface area contributed by atoms with Crippen LogP contribution in [0.15, 0.2) is 12.1 Å². The fourth-order valence-electron chi connectivity index (χ4n) is 2.61. The first kappa shape index (κ1) is 15.0. The van der Waals surface area contributed by atoms with Crippen molar-refractivity contribution in [3.8, 4) is 0 Å². The van der Waals surface area contributed by atoms with Crippen LogP contribution in [0.5, 0.6) is 0 Å². The molecule has 0 aromatic carbocycles. The molecule has 1 unspecified atom stereocenters. The lowest BCUT2D eigenvalue weighted by Gasteiger charge is -2.29. The van der Waals surface area contributed by atoms with Gasteiger partial charge in [0.25, 0.3) is 0 Å². The third-order valence-corrected chi connectivity index (χ3v) is 4.96. The van der Waals surface area contributed by atoms with E-state index in [2.05, 4.69) is 23.8 Å². The van der Waals surface area contributed by atoms with Crippen molar-refractivity contribution in [3.63, 3.8) is 0 Å². The molecule has 1 saturated heterocycles. The zero-order valence-electron chi connectivity index (χ0n) is 11.6. The number of thiophene rings is 1. The van der Waals surface area contributed by atoms with E-state index in [0.717, 1.165) is 37.4 Å². The molecule has 1 atom stereocenters. The predicted octanol–water partition coefficient (Wildman–Crippen LogP) is 3.00. The Morgan fingerprint density at radius 1 is 1.47 bits per heavy atom. The van der Waals surface area contributed by atoms with Gasteiger partial charge in [-0.3, -0.25) is 9.69 Å². The zero-order valence-corrected chi connectivity index (χ0v) is 13.1. The van der Waals surface area contributed by atoms with Crippen molar-refractivity contribution in [2.75, 3.05) is 33.2 Å².